The van der Waals surface area contributed by atoms with Crippen molar-refractivity contribution in [3.05, 3.63) is 23.8 Å². The van der Waals surface area contributed by atoms with Crippen LogP contribution in [-0.4, -0.2) is 31.7 Å². The molecular formula is C10H13NO4. The zero-order valence-corrected chi connectivity index (χ0v) is 8.65. The molecule has 5 nitrogen and oxygen atoms in total. The van der Waals surface area contributed by atoms with Crippen LogP contribution in [0.25, 0.3) is 0 Å². The summed E-state index contributed by atoms with van der Waals surface area (Å²) in [7, 11) is 2.53. The number of methoxy groups -OCH3 is 2. The molecule has 0 aliphatic heterocycles. The van der Waals surface area contributed by atoms with Gasteiger partial charge in [-0.3, -0.25) is 0 Å². The average molecular weight is 211 g/mol. The Morgan fingerprint density at radius 2 is 2.07 bits per heavy atom. The second-order valence-corrected chi connectivity index (χ2v) is 3.25. The van der Waals surface area contributed by atoms with Crippen molar-refractivity contribution < 1.29 is 19.1 Å². The largest absolute Gasteiger partial charge is 0.467 e. The third kappa shape index (κ3) is 2.24. The molecule has 0 bridgehead atoms. The Morgan fingerprint density at radius 3 is 2.60 bits per heavy atom. The third-order valence-corrected chi connectivity index (χ3v) is 2.19. The lowest BCUT2D eigenvalue weighted by Gasteiger charge is -2.25. The van der Waals surface area contributed by atoms with Crippen LogP contribution in [0.15, 0.2) is 23.8 Å². The second-order valence-electron chi connectivity index (χ2n) is 3.25. The Morgan fingerprint density at radius 1 is 1.40 bits per heavy atom. The summed E-state index contributed by atoms with van der Waals surface area (Å²) in [5.41, 5.74) is 4.87. The van der Waals surface area contributed by atoms with Crippen molar-refractivity contribution in [2.75, 3.05) is 14.2 Å². The highest BCUT2D eigenvalue weighted by atomic mass is 16.5. The Labute approximate surface area is 87.5 Å². The molecule has 82 valence electrons. The van der Waals surface area contributed by atoms with Crippen LogP contribution in [0.1, 0.15) is 6.42 Å². The van der Waals surface area contributed by atoms with Gasteiger partial charge in [0.25, 0.3) is 0 Å². The summed E-state index contributed by atoms with van der Waals surface area (Å²) < 4.78 is 9.11. The molecule has 0 saturated carbocycles. The lowest BCUT2D eigenvalue weighted by atomic mass is 9.87. The molecule has 0 aromatic carbocycles. The maximum atomic E-state index is 11.4. The normalized spacial score (nSPS) is 24.3. The van der Waals surface area contributed by atoms with E-state index in [0.717, 1.165) is 0 Å². The third-order valence-electron chi connectivity index (χ3n) is 2.19. The number of ether oxygens (including phenoxy) is 2. The van der Waals surface area contributed by atoms with E-state index in [9.17, 15) is 9.59 Å². The quantitative estimate of drug-likeness (QED) is 0.646. The van der Waals surface area contributed by atoms with Crippen LogP contribution in [0.2, 0.25) is 0 Å². The summed E-state index contributed by atoms with van der Waals surface area (Å²) in [5.74, 6) is -1.06. The van der Waals surface area contributed by atoms with Crippen LogP contribution >= 0.6 is 0 Å². The smallest absolute Gasteiger partial charge is 0.333 e. The fourth-order valence-electron chi connectivity index (χ4n) is 1.37. The minimum atomic E-state index is -1.27. The first-order valence-electron chi connectivity index (χ1n) is 4.37. The van der Waals surface area contributed by atoms with Gasteiger partial charge in [0.2, 0.25) is 0 Å². The Hall–Kier alpha value is -1.62. The van der Waals surface area contributed by atoms with Gasteiger partial charge in [-0.25, -0.2) is 9.59 Å². The summed E-state index contributed by atoms with van der Waals surface area (Å²) in [6.45, 7) is 0. The summed E-state index contributed by atoms with van der Waals surface area (Å²) >= 11 is 0. The van der Waals surface area contributed by atoms with E-state index in [2.05, 4.69) is 9.47 Å². The van der Waals surface area contributed by atoms with Crippen LogP contribution in [0.4, 0.5) is 0 Å². The van der Waals surface area contributed by atoms with Gasteiger partial charge in [0.15, 0.2) is 0 Å². The topological polar surface area (TPSA) is 78.6 Å². The summed E-state index contributed by atoms with van der Waals surface area (Å²) in [6.07, 6.45) is 4.71. The molecule has 1 aliphatic carbocycles. The van der Waals surface area contributed by atoms with Gasteiger partial charge < -0.3 is 15.2 Å². The second kappa shape index (κ2) is 4.27. The van der Waals surface area contributed by atoms with Crippen molar-refractivity contribution in [1.82, 2.24) is 0 Å². The van der Waals surface area contributed by atoms with Crippen LogP contribution < -0.4 is 5.73 Å². The molecule has 1 aliphatic rings. The molecule has 0 aromatic heterocycles. The number of hydrogen-bond acceptors (Lipinski definition) is 5. The van der Waals surface area contributed by atoms with Gasteiger partial charge in [-0.2, -0.15) is 0 Å². The van der Waals surface area contributed by atoms with Crippen LogP contribution in [0.5, 0.6) is 0 Å². The molecule has 5 heteroatoms. The molecule has 0 heterocycles. The molecule has 1 rings (SSSR count). The van der Waals surface area contributed by atoms with E-state index in [1.54, 1.807) is 12.2 Å². The number of rotatable bonds is 2. The van der Waals surface area contributed by atoms with E-state index in [0.29, 0.717) is 5.57 Å². The molecule has 1 atom stereocenters. The summed E-state index contributed by atoms with van der Waals surface area (Å²) in [5, 5.41) is 0. The number of allylic oxidation sites excluding steroid dienone is 2. The van der Waals surface area contributed by atoms with E-state index < -0.39 is 17.5 Å². The van der Waals surface area contributed by atoms with Gasteiger partial charge in [-0.15, -0.1) is 0 Å². The average Bonchev–Trinajstić information content (AvgIpc) is 2.26. The lowest BCUT2D eigenvalue weighted by Crippen LogP contribution is -2.48. The Bertz CT molecular complexity index is 345. The molecular weight excluding hydrogens is 198 g/mol. The van der Waals surface area contributed by atoms with Gasteiger partial charge >= 0.3 is 11.9 Å². The van der Waals surface area contributed by atoms with Crippen LogP contribution in [0.3, 0.4) is 0 Å². The van der Waals surface area contributed by atoms with Crippen molar-refractivity contribution in [3.8, 4) is 0 Å². The number of nitrogens with two attached hydrogens (primary N) is 1. The monoisotopic (exact) mass is 211 g/mol. The minimum absolute atomic E-state index is 0.0862. The Kier molecular flexibility index (Phi) is 3.26. The maximum absolute atomic E-state index is 11.4. The fourth-order valence-corrected chi connectivity index (χ4v) is 1.37. The molecule has 0 fully saturated rings. The highest BCUT2D eigenvalue weighted by molar-refractivity contribution is 5.93. The van der Waals surface area contributed by atoms with Crippen molar-refractivity contribution >= 4 is 11.9 Å². The molecule has 0 spiro atoms. The van der Waals surface area contributed by atoms with E-state index in [4.69, 9.17) is 5.73 Å². The van der Waals surface area contributed by atoms with Gasteiger partial charge in [0.1, 0.15) is 5.54 Å². The zero-order valence-electron chi connectivity index (χ0n) is 8.65. The summed E-state index contributed by atoms with van der Waals surface area (Å²) in [4.78, 5) is 22.6. The molecule has 1 unspecified atom stereocenters. The van der Waals surface area contributed by atoms with Crippen molar-refractivity contribution in [2.24, 2.45) is 5.73 Å². The van der Waals surface area contributed by atoms with Gasteiger partial charge in [-0.1, -0.05) is 18.2 Å². The number of esters is 2. The molecule has 0 radical (unpaired) electrons. The van der Waals surface area contributed by atoms with E-state index in [1.807, 2.05) is 0 Å². The highest BCUT2D eigenvalue weighted by Gasteiger charge is 2.36. The molecule has 0 amide bonds. The molecule has 2 N–H and O–H groups in total. The lowest BCUT2D eigenvalue weighted by molar-refractivity contribution is -0.145. The van der Waals surface area contributed by atoms with Gasteiger partial charge in [-0.05, 0) is 0 Å². The van der Waals surface area contributed by atoms with Crippen LogP contribution in [0, 0.1) is 0 Å². The maximum Gasteiger partial charge on any atom is 0.333 e. The van der Waals surface area contributed by atoms with E-state index in [1.165, 1.54) is 20.3 Å². The van der Waals surface area contributed by atoms with Gasteiger partial charge in [0, 0.05) is 12.0 Å². The number of hydrogen-bond donors (Lipinski definition) is 1. The van der Waals surface area contributed by atoms with Gasteiger partial charge in [0.05, 0.1) is 14.2 Å². The minimum Gasteiger partial charge on any atom is -0.467 e. The number of carbonyl (C=O) groups excluding carboxylic acids is 2. The van der Waals surface area contributed by atoms with Crippen molar-refractivity contribution in [3.63, 3.8) is 0 Å². The van der Waals surface area contributed by atoms with Crippen molar-refractivity contribution in [1.29, 1.82) is 0 Å². The van der Waals surface area contributed by atoms with Crippen molar-refractivity contribution in [2.45, 2.75) is 12.0 Å². The molecule has 0 aromatic rings. The van der Waals surface area contributed by atoms with E-state index in [-0.39, 0.29) is 6.42 Å². The number of carbonyl (C=O) groups is 2. The van der Waals surface area contributed by atoms with Crippen LogP contribution in [-0.2, 0) is 19.1 Å². The molecule has 15 heavy (non-hydrogen) atoms. The summed E-state index contributed by atoms with van der Waals surface area (Å²) in [6, 6.07) is 0. The first-order valence-corrected chi connectivity index (χ1v) is 4.37. The standard InChI is InChI=1S/C10H13NO4/c1-14-8(12)7-4-3-5-10(11,6-7)9(13)15-2/h3-5H,6,11H2,1-2H3. The zero-order chi connectivity index (χ0) is 11.5. The first kappa shape index (κ1) is 11.5. The SMILES string of the molecule is COC(=O)C1=CC=CC(N)(C(=O)OC)C1. The highest BCUT2D eigenvalue weighted by Crippen LogP contribution is 2.22. The fraction of sp³-hybridized carbons (Fsp3) is 0.400. The first-order chi connectivity index (χ1) is 7.03. The molecule has 0 saturated heterocycles. The predicted molar refractivity (Wildman–Crippen MR) is 52.8 cm³/mol. The van der Waals surface area contributed by atoms with E-state index >= 15 is 0 Å². The Balaban J connectivity index is 2.87. The predicted octanol–water partition coefficient (Wildman–Crippen LogP) is -0.0838.